The molecule has 0 spiro atoms. The molecule has 0 saturated heterocycles. The molecule has 0 bridgehead atoms. The van der Waals surface area contributed by atoms with E-state index in [4.69, 9.17) is 5.73 Å². The number of rotatable bonds is 10. The Kier molecular flexibility index (Phi) is 9.97. The zero-order valence-corrected chi connectivity index (χ0v) is 30.0. The number of thiophene rings is 1. The highest BCUT2D eigenvalue weighted by atomic mass is 32.2. The number of nitrogens with zero attached hydrogens (tertiary/aromatic N) is 3. The first-order valence-electron chi connectivity index (χ1n) is 13.9. The van der Waals surface area contributed by atoms with Crippen LogP contribution in [0.15, 0.2) is 103 Å². The van der Waals surface area contributed by atoms with Crippen molar-refractivity contribution in [1.82, 2.24) is 0 Å². The summed E-state index contributed by atoms with van der Waals surface area (Å²) in [5.41, 5.74) is 6.52. The fourth-order valence-corrected chi connectivity index (χ4v) is 8.79. The number of fused-ring (bicyclic) bond motifs is 1. The standard InChI is InChI=1S/C29H22N6O12S5/c1-15(36)32-17-6-8-20(9-7-17)49(37,38)35-18-4-2-16(3-5-18)27-24(14-30)28(31)48-29(27)34-33-19-10-22-23(25(11-19)51(42,43)44)12-21(50(39,40)41)13-26(22)52(45,46)47/h2-13,35H,31H2,1H3,(H,32,36)(H,39,40,41)(H,42,43,44)(H,45,46,47). The number of benzene rings is 4. The van der Waals surface area contributed by atoms with Crippen molar-refractivity contribution in [2.24, 2.45) is 10.2 Å². The molecule has 0 saturated carbocycles. The van der Waals surface area contributed by atoms with Gasteiger partial charge in [0.05, 0.1) is 21.0 Å². The molecule has 5 rings (SSSR count). The second-order valence-electron chi connectivity index (χ2n) is 10.6. The summed E-state index contributed by atoms with van der Waals surface area (Å²) in [5, 5.41) is 19.0. The number of nitriles is 1. The molecule has 0 radical (unpaired) electrons. The van der Waals surface area contributed by atoms with Crippen LogP contribution in [0, 0.1) is 11.3 Å². The third kappa shape index (κ3) is 8.09. The molecule has 0 aliphatic carbocycles. The third-order valence-corrected chi connectivity index (χ3v) is 11.9. The van der Waals surface area contributed by atoms with Crippen molar-refractivity contribution < 1.29 is 52.1 Å². The number of carbonyl (C=O) groups excluding carboxylic acids is 1. The van der Waals surface area contributed by atoms with Crippen molar-refractivity contribution in [3.05, 3.63) is 78.4 Å². The third-order valence-electron chi connectivity index (χ3n) is 7.00. The lowest BCUT2D eigenvalue weighted by atomic mass is 10.0. The summed E-state index contributed by atoms with van der Waals surface area (Å²) >= 11 is 0.780. The van der Waals surface area contributed by atoms with Crippen molar-refractivity contribution >= 4 is 95.5 Å². The van der Waals surface area contributed by atoms with E-state index in [0.717, 1.165) is 17.4 Å². The van der Waals surface area contributed by atoms with Crippen LogP contribution >= 0.6 is 11.3 Å². The molecule has 0 aliphatic heterocycles. The maximum atomic E-state index is 12.9. The molecule has 1 aromatic heterocycles. The first-order valence-corrected chi connectivity index (χ1v) is 20.5. The molecule has 18 nitrogen and oxygen atoms in total. The van der Waals surface area contributed by atoms with Crippen LogP contribution in [-0.4, -0.2) is 53.2 Å². The van der Waals surface area contributed by atoms with Crippen molar-refractivity contribution in [2.45, 2.75) is 26.5 Å². The monoisotopic (exact) mass is 806 g/mol. The Bertz CT molecular complexity index is 2810. The van der Waals surface area contributed by atoms with Gasteiger partial charge in [-0.25, -0.2) is 8.42 Å². The Morgan fingerprint density at radius 1 is 0.750 bits per heavy atom. The van der Waals surface area contributed by atoms with Gasteiger partial charge in [-0.15, -0.1) is 10.2 Å². The van der Waals surface area contributed by atoms with Gasteiger partial charge in [-0.2, -0.15) is 30.5 Å². The molecule has 1 amide bonds. The average molecular weight is 807 g/mol. The fraction of sp³-hybridized carbons (Fsp3) is 0.0345. The highest BCUT2D eigenvalue weighted by molar-refractivity contribution is 7.92. The number of azo groups is 1. The lowest BCUT2D eigenvalue weighted by molar-refractivity contribution is -0.114. The van der Waals surface area contributed by atoms with Crippen molar-refractivity contribution in [1.29, 1.82) is 5.26 Å². The van der Waals surface area contributed by atoms with E-state index in [-0.39, 0.29) is 37.6 Å². The van der Waals surface area contributed by atoms with Crippen LogP contribution in [0.1, 0.15) is 12.5 Å². The first kappa shape index (κ1) is 37.9. The van der Waals surface area contributed by atoms with E-state index in [2.05, 4.69) is 20.3 Å². The zero-order chi connectivity index (χ0) is 38.4. The van der Waals surface area contributed by atoms with Gasteiger partial charge in [0.15, 0.2) is 0 Å². The van der Waals surface area contributed by atoms with Gasteiger partial charge in [0.1, 0.15) is 25.9 Å². The normalized spacial score (nSPS) is 12.5. The summed E-state index contributed by atoms with van der Waals surface area (Å²) in [4.78, 5) is 7.83. The molecule has 5 aromatic rings. The Morgan fingerprint density at radius 3 is 1.85 bits per heavy atom. The van der Waals surface area contributed by atoms with E-state index < -0.39 is 71.5 Å². The maximum absolute atomic E-state index is 12.9. The number of hydrogen-bond donors (Lipinski definition) is 6. The topological polar surface area (TPSA) is 313 Å². The van der Waals surface area contributed by atoms with Gasteiger partial charge >= 0.3 is 0 Å². The fourth-order valence-electron chi connectivity index (χ4n) is 4.82. The predicted octanol–water partition coefficient (Wildman–Crippen LogP) is 4.94. The van der Waals surface area contributed by atoms with E-state index in [1.807, 2.05) is 6.07 Å². The molecular formula is C29H22N6O12S5. The minimum absolute atomic E-state index is 0.0116. The summed E-state index contributed by atoms with van der Waals surface area (Å²) in [7, 11) is -19.7. The van der Waals surface area contributed by atoms with Crippen molar-refractivity contribution in [3.8, 4) is 17.2 Å². The summed E-state index contributed by atoms with van der Waals surface area (Å²) < 4.78 is 130. The molecular weight excluding hydrogens is 785 g/mol. The van der Waals surface area contributed by atoms with E-state index in [9.17, 15) is 57.4 Å². The molecule has 270 valence electrons. The molecule has 0 fully saturated rings. The Labute approximate surface area is 299 Å². The highest BCUT2D eigenvalue weighted by Gasteiger charge is 2.26. The van der Waals surface area contributed by atoms with Crippen LogP contribution in [-0.2, 0) is 45.2 Å². The predicted molar refractivity (Wildman–Crippen MR) is 188 cm³/mol. The number of hydrogen-bond acceptors (Lipinski definition) is 14. The molecule has 0 unspecified atom stereocenters. The quantitative estimate of drug-likeness (QED) is 0.0805. The summed E-state index contributed by atoms with van der Waals surface area (Å²) in [6.07, 6.45) is 0. The van der Waals surface area contributed by atoms with Gasteiger partial charge < -0.3 is 11.1 Å². The summed E-state index contributed by atoms with van der Waals surface area (Å²) in [6, 6.07) is 15.5. The largest absolute Gasteiger partial charge is 0.389 e. The molecule has 23 heteroatoms. The van der Waals surface area contributed by atoms with Crippen molar-refractivity contribution in [2.75, 3.05) is 15.8 Å². The summed E-state index contributed by atoms with van der Waals surface area (Å²) in [5.74, 6) is -0.334. The number of amides is 1. The Morgan fingerprint density at radius 2 is 1.31 bits per heavy atom. The van der Waals surface area contributed by atoms with Gasteiger partial charge in [-0.1, -0.05) is 23.5 Å². The Hall–Kier alpha value is -5.32. The lowest BCUT2D eigenvalue weighted by Gasteiger charge is -2.11. The minimum Gasteiger partial charge on any atom is -0.389 e. The zero-order valence-electron chi connectivity index (χ0n) is 25.9. The number of nitrogens with one attached hydrogen (secondary N) is 2. The van der Waals surface area contributed by atoms with Crippen LogP contribution in [0.2, 0.25) is 0 Å². The van der Waals surface area contributed by atoms with Gasteiger partial charge in [-0.3, -0.25) is 23.2 Å². The van der Waals surface area contributed by atoms with E-state index >= 15 is 0 Å². The van der Waals surface area contributed by atoms with Crippen LogP contribution < -0.4 is 15.8 Å². The first-order chi connectivity index (χ1) is 24.1. The average Bonchev–Trinajstić information content (AvgIpc) is 3.36. The number of sulfonamides is 1. The van der Waals surface area contributed by atoms with E-state index in [1.54, 1.807) is 0 Å². The molecule has 52 heavy (non-hydrogen) atoms. The summed E-state index contributed by atoms with van der Waals surface area (Å²) in [6.45, 7) is 1.30. The molecule has 4 aromatic carbocycles. The van der Waals surface area contributed by atoms with Crippen molar-refractivity contribution in [3.63, 3.8) is 0 Å². The molecule has 0 atom stereocenters. The minimum atomic E-state index is -5.27. The van der Waals surface area contributed by atoms with Crippen LogP contribution in [0.4, 0.5) is 27.1 Å². The lowest BCUT2D eigenvalue weighted by Crippen LogP contribution is -2.13. The number of anilines is 3. The SMILES string of the molecule is CC(=O)Nc1ccc(S(=O)(=O)Nc2ccc(-c3c(N=Nc4cc(S(=O)(=O)O)c5cc(S(=O)(=O)O)cc(S(=O)(=O)O)c5c4)sc(N)c3C#N)cc2)cc1. The molecule has 7 N–H and O–H groups in total. The maximum Gasteiger partial charge on any atom is 0.295 e. The number of nitrogen functional groups attached to an aromatic ring is 1. The van der Waals surface area contributed by atoms with Gasteiger partial charge in [0, 0.05) is 34.6 Å². The van der Waals surface area contributed by atoms with Gasteiger partial charge in [-0.05, 0) is 66.2 Å². The van der Waals surface area contributed by atoms with E-state index in [1.165, 1.54) is 55.5 Å². The van der Waals surface area contributed by atoms with E-state index in [0.29, 0.717) is 29.4 Å². The van der Waals surface area contributed by atoms with Gasteiger partial charge in [0.25, 0.3) is 40.4 Å². The van der Waals surface area contributed by atoms with Crippen LogP contribution in [0.25, 0.3) is 21.9 Å². The Balaban J connectivity index is 1.55. The number of carbonyl (C=O) groups is 1. The van der Waals surface area contributed by atoms with Crippen LogP contribution in [0.5, 0.6) is 0 Å². The van der Waals surface area contributed by atoms with Gasteiger partial charge in [0.2, 0.25) is 5.91 Å². The van der Waals surface area contributed by atoms with Crippen LogP contribution in [0.3, 0.4) is 0 Å². The second-order valence-corrected chi connectivity index (χ2v) is 17.5. The smallest absolute Gasteiger partial charge is 0.295 e. The second kappa shape index (κ2) is 13.7. The molecule has 0 aliphatic rings. The highest BCUT2D eigenvalue weighted by Crippen LogP contribution is 2.45. The molecule has 1 heterocycles. The number of nitrogens with two attached hydrogens (primary N) is 1.